The van der Waals surface area contributed by atoms with Crippen molar-refractivity contribution in [1.82, 2.24) is 15.0 Å². The van der Waals surface area contributed by atoms with Crippen molar-refractivity contribution in [3.63, 3.8) is 0 Å². The van der Waals surface area contributed by atoms with Crippen LogP contribution in [0.1, 0.15) is 52.9 Å². The van der Waals surface area contributed by atoms with Crippen LogP contribution < -0.4 is 0 Å². The fourth-order valence-electron chi connectivity index (χ4n) is 6.59. The Labute approximate surface area is 204 Å². The first-order valence-corrected chi connectivity index (χ1v) is 13.7. The highest BCUT2D eigenvalue weighted by atomic mass is 32.2. The third-order valence-corrected chi connectivity index (χ3v) is 9.84. The summed E-state index contributed by atoms with van der Waals surface area (Å²) >= 11 is 1.87. The predicted molar refractivity (Wildman–Crippen MR) is 127 cm³/mol. The first kappa shape index (κ1) is 23.2. The van der Waals surface area contributed by atoms with Crippen molar-refractivity contribution >= 4 is 22.8 Å². The van der Waals surface area contributed by atoms with Crippen LogP contribution in [0.2, 0.25) is 0 Å². The van der Waals surface area contributed by atoms with Crippen molar-refractivity contribution in [3.8, 4) is 0 Å². The summed E-state index contributed by atoms with van der Waals surface area (Å²) in [6.07, 6.45) is 4.86. The van der Waals surface area contributed by atoms with Crippen molar-refractivity contribution in [2.24, 2.45) is 23.7 Å². The lowest BCUT2D eigenvalue weighted by Gasteiger charge is -2.60. The highest BCUT2D eigenvalue weighted by molar-refractivity contribution is 7.99. The molecule has 5 heterocycles. The zero-order chi connectivity index (χ0) is 23.3. The molecule has 1 spiro atoms. The standard InChI is InChI=1S/C25H35N3O5S/c1-16-9-10-19-17(2)22(30-23-25(19)18(16)11-12-24(3,31-23)32-33-25)34-14-6-13-29-15-28-21-8-5-4-7-20(21)26-27-28/h4-5,7-8,16-19,22-23H,6,9-15H2,1-3H3/t16-,17-,18+,19+,22+,23-,24+,25-/m1/s1. The maximum Gasteiger partial charge on any atom is 0.201 e. The third-order valence-electron chi connectivity index (χ3n) is 8.45. The van der Waals surface area contributed by atoms with Gasteiger partial charge in [0.25, 0.3) is 0 Å². The minimum absolute atomic E-state index is 0.0838. The molecule has 0 N–H and O–H groups in total. The summed E-state index contributed by atoms with van der Waals surface area (Å²) in [5.41, 5.74) is 1.49. The lowest BCUT2D eigenvalue weighted by Crippen LogP contribution is -2.70. The van der Waals surface area contributed by atoms with E-state index in [0.717, 1.165) is 42.5 Å². The quantitative estimate of drug-likeness (QED) is 0.408. The van der Waals surface area contributed by atoms with E-state index in [4.69, 9.17) is 24.0 Å². The van der Waals surface area contributed by atoms with Gasteiger partial charge < -0.3 is 14.2 Å². The smallest absolute Gasteiger partial charge is 0.201 e. The van der Waals surface area contributed by atoms with Crippen LogP contribution in [0.4, 0.5) is 0 Å². The van der Waals surface area contributed by atoms with Gasteiger partial charge in [-0.2, -0.15) is 0 Å². The molecule has 1 saturated carbocycles. The van der Waals surface area contributed by atoms with Gasteiger partial charge in [0.05, 0.1) is 5.52 Å². The van der Waals surface area contributed by atoms with E-state index >= 15 is 0 Å². The summed E-state index contributed by atoms with van der Waals surface area (Å²) in [6.45, 7) is 7.73. The molecule has 0 unspecified atom stereocenters. The summed E-state index contributed by atoms with van der Waals surface area (Å²) in [4.78, 5) is 12.1. The van der Waals surface area contributed by atoms with Crippen LogP contribution in [0.15, 0.2) is 24.3 Å². The number of hydrogen-bond donors (Lipinski definition) is 0. The molecule has 0 amide bonds. The lowest BCUT2D eigenvalue weighted by atomic mass is 9.58. The SMILES string of the molecule is C[C@H]1[C@H](SCCCOCn2nnc3ccccc32)O[C@@H]2O[C@]3(C)CC[C@H]4[C@H](C)CC[C@@H]1[C@@]24OO3. The van der Waals surface area contributed by atoms with Crippen LogP contribution in [0.3, 0.4) is 0 Å². The topological polar surface area (TPSA) is 76.9 Å². The number of thioether (sulfide) groups is 1. The van der Waals surface area contributed by atoms with Gasteiger partial charge in [0.1, 0.15) is 17.7 Å². The van der Waals surface area contributed by atoms with Gasteiger partial charge in [0, 0.05) is 18.9 Å². The first-order chi connectivity index (χ1) is 16.5. The molecule has 186 valence electrons. The number of nitrogens with zero attached hydrogens (tertiary/aromatic N) is 3. The van der Waals surface area contributed by atoms with Crippen LogP contribution in [0, 0.1) is 23.7 Å². The Hall–Kier alpha value is -1.23. The number of aromatic nitrogens is 3. The second-order valence-electron chi connectivity index (χ2n) is 10.6. The van der Waals surface area contributed by atoms with Gasteiger partial charge in [-0.15, -0.1) is 16.9 Å². The normalized spacial score (nSPS) is 41.4. The van der Waals surface area contributed by atoms with E-state index in [1.54, 1.807) is 4.68 Å². The molecule has 1 aliphatic carbocycles. The summed E-state index contributed by atoms with van der Waals surface area (Å²) in [7, 11) is 0. The molecule has 2 aromatic rings. The van der Waals surface area contributed by atoms with E-state index < -0.39 is 11.4 Å². The number of fused-ring (bicyclic) bond motifs is 3. The van der Waals surface area contributed by atoms with E-state index in [1.165, 1.54) is 6.42 Å². The van der Waals surface area contributed by atoms with Gasteiger partial charge in [-0.1, -0.05) is 31.2 Å². The number of benzene rings is 1. The summed E-state index contributed by atoms with van der Waals surface area (Å²) in [6, 6.07) is 7.93. The highest BCUT2D eigenvalue weighted by Crippen LogP contribution is 2.61. The van der Waals surface area contributed by atoms with Gasteiger partial charge in [0.2, 0.25) is 5.79 Å². The molecule has 5 aliphatic rings. The number of rotatable bonds is 7. The Kier molecular flexibility index (Phi) is 6.15. The molecule has 5 fully saturated rings. The van der Waals surface area contributed by atoms with Gasteiger partial charge in [-0.25, -0.2) is 14.5 Å². The van der Waals surface area contributed by atoms with Crippen molar-refractivity contribution in [2.45, 2.75) is 82.7 Å². The van der Waals surface area contributed by atoms with Crippen LogP contribution in [0.5, 0.6) is 0 Å². The van der Waals surface area contributed by atoms with Gasteiger partial charge in [0.15, 0.2) is 11.9 Å². The monoisotopic (exact) mass is 489 g/mol. The van der Waals surface area contributed by atoms with Crippen molar-refractivity contribution in [1.29, 1.82) is 0 Å². The maximum absolute atomic E-state index is 6.64. The van der Waals surface area contributed by atoms with E-state index in [-0.39, 0.29) is 11.7 Å². The molecule has 8 atom stereocenters. The predicted octanol–water partition coefficient (Wildman–Crippen LogP) is 4.74. The molecule has 34 heavy (non-hydrogen) atoms. The van der Waals surface area contributed by atoms with Crippen LogP contribution in [-0.4, -0.2) is 50.5 Å². The molecule has 8 nitrogen and oxygen atoms in total. The van der Waals surface area contributed by atoms with Crippen LogP contribution in [0.25, 0.3) is 11.0 Å². The molecule has 4 aliphatic heterocycles. The average molecular weight is 490 g/mol. The third kappa shape index (κ3) is 3.79. The fourth-order valence-corrected chi connectivity index (χ4v) is 7.78. The summed E-state index contributed by atoms with van der Waals surface area (Å²) in [5, 5.41) is 8.36. The van der Waals surface area contributed by atoms with Crippen molar-refractivity contribution in [3.05, 3.63) is 24.3 Å². The summed E-state index contributed by atoms with van der Waals surface area (Å²) in [5.74, 6) is 2.00. The molecule has 9 heteroatoms. The zero-order valence-corrected chi connectivity index (χ0v) is 21.0. The Morgan fingerprint density at radius 1 is 1.15 bits per heavy atom. The minimum atomic E-state index is -0.716. The minimum Gasteiger partial charge on any atom is -0.359 e. The Balaban J connectivity index is 1.05. The van der Waals surface area contributed by atoms with E-state index in [2.05, 4.69) is 24.2 Å². The fraction of sp³-hybridized carbons (Fsp3) is 0.760. The molecule has 7 rings (SSSR count). The van der Waals surface area contributed by atoms with Crippen molar-refractivity contribution in [2.75, 3.05) is 12.4 Å². The van der Waals surface area contributed by atoms with Gasteiger partial charge in [-0.3, -0.25) is 0 Å². The number of hydrogen-bond acceptors (Lipinski definition) is 8. The van der Waals surface area contributed by atoms with Gasteiger partial charge >= 0.3 is 0 Å². The van der Waals surface area contributed by atoms with Crippen LogP contribution in [-0.2, 0) is 30.7 Å². The average Bonchev–Trinajstić information content (AvgIpc) is 3.11. The summed E-state index contributed by atoms with van der Waals surface area (Å²) < 4.78 is 20.8. The second kappa shape index (κ2) is 9.01. The van der Waals surface area contributed by atoms with Crippen LogP contribution >= 0.6 is 11.8 Å². The molecule has 2 bridgehead atoms. The Morgan fingerprint density at radius 3 is 2.94 bits per heavy atom. The molecular weight excluding hydrogens is 454 g/mol. The Morgan fingerprint density at radius 2 is 2.03 bits per heavy atom. The largest absolute Gasteiger partial charge is 0.359 e. The number of para-hydroxylation sites is 1. The maximum atomic E-state index is 6.64. The zero-order valence-electron chi connectivity index (χ0n) is 20.2. The molecule has 1 aromatic heterocycles. The lowest BCUT2D eigenvalue weighted by molar-refractivity contribution is -0.568. The molecule has 0 radical (unpaired) electrons. The van der Waals surface area contributed by atoms with E-state index in [0.29, 0.717) is 37.0 Å². The molecular formula is C25H35N3O5S. The highest BCUT2D eigenvalue weighted by Gasteiger charge is 2.69. The molecule has 1 aromatic carbocycles. The number of ether oxygens (including phenoxy) is 3. The van der Waals surface area contributed by atoms with Gasteiger partial charge in [-0.05, 0) is 68.2 Å². The first-order valence-electron chi connectivity index (χ1n) is 12.7. The second-order valence-corrected chi connectivity index (χ2v) is 11.8. The van der Waals surface area contributed by atoms with E-state index in [9.17, 15) is 0 Å². The van der Waals surface area contributed by atoms with Crippen molar-refractivity contribution < 1.29 is 24.0 Å². The Bertz CT molecular complexity index is 1020. The van der Waals surface area contributed by atoms with E-state index in [1.807, 2.05) is 43.0 Å². The molecule has 4 saturated heterocycles.